The van der Waals surface area contributed by atoms with Gasteiger partial charge in [-0.25, -0.2) is 0 Å². The predicted octanol–water partition coefficient (Wildman–Crippen LogP) is 3.87. The third-order valence-electron chi connectivity index (χ3n) is 2.60. The fourth-order valence-electron chi connectivity index (χ4n) is 1.83. The molecule has 0 N–H and O–H groups in total. The van der Waals surface area contributed by atoms with Gasteiger partial charge in [0, 0.05) is 23.7 Å². The molecule has 3 heteroatoms. The highest BCUT2D eigenvalue weighted by atomic mass is 35.5. The molecule has 2 rings (SSSR count). The zero-order chi connectivity index (χ0) is 11.5. The van der Waals surface area contributed by atoms with Crippen molar-refractivity contribution in [3.05, 3.63) is 42.1 Å². The molecule has 0 radical (unpaired) electrons. The SMILES string of the molecule is CC(C)n1nccc1-c1ccccc1CCl. The summed E-state index contributed by atoms with van der Waals surface area (Å²) in [6.45, 7) is 4.25. The molecule has 0 saturated carbocycles. The summed E-state index contributed by atoms with van der Waals surface area (Å²) in [5, 5.41) is 4.34. The van der Waals surface area contributed by atoms with Gasteiger partial charge in [-0.2, -0.15) is 5.10 Å². The predicted molar refractivity (Wildman–Crippen MR) is 67.6 cm³/mol. The molecule has 1 heterocycles. The van der Waals surface area contributed by atoms with Gasteiger partial charge in [-0.1, -0.05) is 24.3 Å². The molecular formula is C13H15ClN2. The Kier molecular flexibility index (Phi) is 3.30. The van der Waals surface area contributed by atoms with E-state index < -0.39 is 0 Å². The minimum absolute atomic E-state index is 0.355. The summed E-state index contributed by atoms with van der Waals surface area (Å²) >= 11 is 5.95. The average Bonchev–Trinajstić information content (AvgIpc) is 2.77. The first-order valence-corrected chi connectivity index (χ1v) is 5.95. The van der Waals surface area contributed by atoms with Crippen LogP contribution in [-0.2, 0) is 5.88 Å². The summed E-state index contributed by atoms with van der Waals surface area (Å²) in [4.78, 5) is 0. The number of nitrogens with zero attached hydrogens (tertiary/aromatic N) is 2. The lowest BCUT2D eigenvalue weighted by Crippen LogP contribution is -2.05. The maximum absolute atomic E-state index is 5.95. The third kappa shape index (κ3) is 1.98. The van der Waals surface area contributed by atoms with Crippen molar-refractivity contribution in [3.8, 4) is 11.3 Å². The van der Waals surface area contributed by atoms with Gasteiger partial charge in [0.25, 0.3) is 0 Å². The minimum atomic E-state index is 0.355. The van der Waals surface area contributed by atoms with Crippen LogP contribution in [0.25, 0.3) is 11.3 Å². The number of aromatic nitrogens is 2. The maximum Gasteiger partial charge on any atom is 0.0688 e. The van der Waals surface area contributed by atoms with E-state index in [4.69, 9.17) is 11.6 Å². The second kappa shape index (κ2) is 4.71. The van der Waals surface area contributed by atoms with E-state index in [1.807, 2.05) is 29.1 Å². The normalized spacial score (nSPS) is 11.0. The molecule has 1 aromatic carbocycles. The average molecular weight is 235 g/mol. The van der Waals surface area contributed by atoms with Crippen LogP contribution in [0.1, 0.15) is 25.5 Å². The van der Waals surface area contributed by atoms with Gasteiger partial charge in [0.1, 0.15) is 0 Å². The van der Waals surface area contributed by atoms with Crippen molar-refractivity contribution in [2.45, 2.75) is 25.8 Å². The molecule has 0 aliphatic heterocycles. The first-order chi connectivity index (χ1) is 7.74. The molecule has 2 aromatic rings. The Labute approximate surface area is 101 Å². The molecule has 2 nitrogen and oxygen atoms in total. The van der Waals surface area contributed by atoms with Crippen LogP contribution in [0.15, 0.2) is 36.5 Å². The second-order valence-corrected chi connectivity index (χ2v) is 4.31. The highest BCUT2D eigenvalue weighted by Crippen LogP contribution is 2.26. The van der Waals surface area contributed by atoms with Gasteiger partial charge in [0.05, 0.1) is 5.69 Å². The number of alkyl halides is 1. The van der Waals surface area contributed by atoms with Gasteiger partial charge in [0.2, 0.25) is 0 Å². The molecule has 0 saturated heterocycles. The van der Waals surface area contributed by atoms with Crippen molar-refractivity contribution in [2.75, 3.05) is 0 Å². The van der Waals surface area contributed by atoms with Gasteiger partial charge < -0.3 is 0 Å². The summed E-state index contributed by atoms with van der Waals surface area (Å²) in [5.41, 5.74) is 3.45. The first-order valence-electron chi connectivity index (χ1n) is 5.41. The van der Waals surface area contributed by atoms with Gasteiger partial charge in [-0.3, -0.25) is 4.68 Å². The van der Waals surface area contributed by atoms with Crippen LogP contribution in [0, 0.1) is 0 Å². The fraction of sp³-hybridized carbons (Fsp3) is 0.308. The Morgan fingerprint density at radius 1 is 1.25 bits per heavy atom. The van der Waals surface area contributed by atoms with E-state index in [-0.39, 0.29) is 0 Å². The molecule has 1 aromatic heterocycles. The number of hydrogen-bond acceptors (Lipinski definition) is 1. The molecule has 84 valence electrons. The van der Waals surface area contributed by atoms with Crippen molar-refractivity contribution in [1.82, 2.24) is 9.78 Å². The first kappa shape index (κ1) is 11.2. The summed E-state index contributed by atoms with van der Waals surface area (Å²) in [5.74, 6) is 0.527. The number of hydrogen-bond donors (Lipinski definition) is 0. The number of benzene rings is 1. The van der Waals surface area contributed by atoms with E-state index in [0.717, 1.165) is 11.3 Å². The Morgan fingerprint density at radius 3 is 2.69 bits per heavy atom. The van der Waals surface area contributed by atoms with E-state index >= 15 is 0 Å². The Bertz CT molecular complexity index is 474. The van der Waals surface area contributed by atoms with Crippen LogP contribution in [0.3, 0.4) is 0 Å². The van der Waals surface area contributed by atoms with Crippen LogP contribution in [0.2, 0.25) is 0 Å². The Hall–Kier alpha value is -1.28. The van der Waals surface area contributed by atoms with Gasteiger partial charge in [-0.15, -0.1) is 11.6 Å². The molecule has 0 atom stereocenters. The van der Waals surface area contributed by atoms with E-state index in [1.165, 1.54) is 5.56 Å². The molecule has 0 amide bonds. The topological polar surface area (TPSA) is 17.8 Å². The zero-order valence-electron chi connectivity index (χ0n) is 9.52. The second-order valence-electron chi connectivity index (χ2n) is 4.05. The number of rotatable bonds is 3. The summed E-state index contributed by atoms with van der Waals surface area (Å²) < 4.78 is 2.02. The maximum atomic E-state index is 5.95. The quantitative estimate of drug-likeness (QED) is 0.738. The molecule has 16 heavy (non-hydrogen) atoms. The van der Waals surface area contributed by atoms with E-state index in [1.54, 1.807) is 0 Å². The van der Waals surface area contributed by atoms with Crippen molar-refractivity contribution < 1.29 is 0 Å². The van der Waals surface area contributed by atoms with Gasteiger partial charge in [0.15, 0.2) is 0 Å². The van der Waals surface area contributed by atoms with E-state index in [2.05, 4.69) is 31.1 Å². The van der Waals surface area contributed by atoms with Crippen molar-refractivity contribution in [1.29, 1.82) is 0 Å². The molecule has 0 spiro atoms. The van der Waals surface area contributed by atoms with Gasteiger partial charge in [-0.05, 0) is 25.5 Å². The largest absolute Gasteiger partial charge is 0.262 e. The lowest BCUT2D eigenvalue weighted by molar-refractivity contribution is 0.538. The molecule has 0 unspecified atom stereocenters. The van der Waals surface area contributed by atoms with Crippen molar-refractivity contribution in [2.24, 2.45) is 0 Å². The highest BCUT2D eigenvalue weighted by Gasteiger charge is 2.10. The summed E-state index contributed by atoms with van der Waals surface area (Å²) in [6.07, 6.45) is 1.83. The molecular weight excluding hydrogens is 220 g/mol. The number of halogens is 1. The van der Waals surface area contributed by atoms with Crippen LogP contribution < -0.4 is 0 Å². The monoisotopic (exact) mass is 234 g/mol. The summed E-state index contributed by atoms with van der Waals surface area (Å²) in [6, 6.07) is 10.6. The molecule has 0 aliphatic rings. The fourth-order valence-corrected chi connectivity index (χ4v) is 2.06. The van der Waals surface area contributed by atoms with Crippen LogP contribution >= 0.6 is 11.6 Å². The summed E-state index contributed by atoms with van der Waals surface area (Å²) in [7, 11) is 0. The molecule has 0 aliphatic carbocycles. The standard InChI is InChI=1S/C13H15ClN2/c1-10(2)16-13(7-8-15-16)12-6-4-3-5-11(12)9-14/h3-8,10H,9H2,1-2H3. The highest BCUT2D eigenvalue weighted by molar-refractivity contribution is 6.17. The lowest BCUT2D eigenvalue weighted by atomic mass is 10.1. The minimum Gasteiger partial charge on any atom is -0.262 e. The Balaban J connectivity index is 2.54. The molecule has 0 fully saturated rings. The van der Waals surface area contributed by atoms with Gasteiger partial charge >= 0.3 is 0 Å². The molecule has 0 bridgehead atoms. The smallest absolute Gasteiger partial charge is 0.0688 e. The van der Waals surface area contributed by atoms with Crippen LogP contribution in [0.5, 0.6) is 0 Å². The zero-order valence-corrected chi connectivity index (χ0v) is 10.3. The van der Waals surface area contributed by atoms with Crippen LogP contribution in [-0.4, -0.2) is 9.78 Å². The van der Waals surface area contributed by atoms with E-state index in [9.17, 15) is 0 Å². The Morgan fingerprint density at radius 2 is 2.00 bits per heavy atom. The van der Waals surface area contributed by atoms with E-state index in [0.29, 0.717) is 11.9 Å². The third-order valence-corrected chi connectivity index (χ3v) is 2.88. The van der Waals surface area contributed by atoms with Crippen LogP contribution in [0.4, 0.5) is 0 Å². The van der Waals surface area contributed by atoms with Crippen molar-refractivity contribution >= 4 is 11.6 Å². The van der Waals surface area contributed by atoms with Crippen molar-refractivity contribution in [3.63, 3.8) is 0 Å². The lowest BCUT2D eigenvalue weighted by Gasteiger charge is -2.13.